The first-order valence-electron chi connectivity index (χ1n) is 15.6. The molecular formula is C33H47BrN4O5SSi. The van der Waals surface area contributed by atoms with Gasteiger partial charge in [0.2, 0.25) is 11.8 Å². The molecule has 2 aromatic heterocycles. The highest BCUT2D eigenvalue weighted by Gasteiger charge is 2.47. The monoisotopic (exact) mass is 718 g/mol. The molecule has 0 unspecified atom stereocenters. The molecule has 246 valence electrons. The molecule has 0 bridgehead atoms. The van der Waals surface area contributed by atoms with Crippen molar-refractivity contribution in [1.29, 1.82) is 0 Å². The largest absolute Gasteiger partial charge is 0.475 e. The number of likely N-dealkylation sites (tertiary alicyclic amines) is 1. The van der Waals surface area contributed by atoms with Gasteiger partial charge in [0, 0.05) is 24.4 Å². The number of aryl methyl sites for hydroxylation is 1. The molecule has 4 atom stereocenters. The first-order chi connectivity index (χ1) is 21.1. The summed E-state index contributed by atoms with van der Waals surface area (Å²) < 4.78 is 18.0. The molecule has 0 aliphatic carbocycles. The van der Waals surface area contributed by atoms with E-state index in [0.717, 1.165) is 21.7 Å². The van der Waals surface area contributed by atoms with Crippen LogP contribution in [0, 0.1) is 12.8 Å². The van der Waals surface area contributed by atoms with Crippen LogP contribution in [0.25, 0.3) is 10.4 Å². The molecule has 1 fully saturated rings. The minimum atomic E-state index is -2.16. The van der Waals surface area contributed by atoms with E-state index in [-0.39, 0.29) is 34.9 Å². The lowest BCUT2D eigenvalue weighted by Crippen LogP contribution is -2.48. The van der Waals surface area contributed by atoms with Crippen molar-refractivity contribution in [2.45, 2.75) is 97.1 Å². The quantitative estimate of drug-likeness (QED) is 0.153. The van der Waals surface area contributed by atoms with Gasteiger partial charge in [-0.25, -0.2) is 4.98 Å². The smallest absolute Gasteiger partial charge is 0.254 e. The fourth-order valence-electron chi connectivity index (χ4n) is 5.41. The summed E-state index contributed by atoms with van der Waals surface area (Å²) in [6, 6.07) is 8.95. The number of benzene rings is 1. The van der Waals surface area contributed by atoms with E-state index in [0.29, 0.717) is 36.5 Å². The zero-order valence-corrected chi connectivity index (χ0v) is 31.3. The Labute approximate surface area is 280 Å². The highest BCUT2D eigenvalue weighted by Crippen LogP contribution is 2.40. The van der Waals surface area contributed by atoms with Gasteiger partial charge in [0.1, 0.15) is 12.0 Å². The lowest BCUT2D eigenvalue weighted by molar-refractivity contribution is -0.141. The van der Waals surface area contributed by atoms with Gasteiger partial charge >= 0.3 is 0 Å². The molecule has 0 radical (unpaired) electrons. The SMILES string of the molecule is Cc1ncsc1-c1ccc([C@H](C)NC(=O)[C@@H]2C[C@@H](O[Si](C)(C)C(C)(C)C)CN2C(=O)[C@@H](c2cc(OCCBr)no2)C(C)C)cc1. The number of rotatable bonds is 12. The molecule has 45 heavy (non-hydrogen) atoms. The molecule has 0 saturated carbocycles. The van der Waals surface area contributed by atoms with Gasteiger partial charge in [0.05, 0.1) is 34.8 Å². The van der Waals surface area contributed by atoms with Gasteiger partial charge in [-0.2, -0.15) is 0 Å². The Bertz CT molecular complexity index is 1450. The maximum atomic E-state index is 14.3. The van der Waals surface area contributed by atoms with Crippen LogP contribution in [0.15, 0.2) is 40.4 Å². The second-order valence-electron chi connectivity index (χ2n) is 13.7. The van der Waals surface area contributed by atoms with Crippen LogP contribution >= 0.6 is 27.3 Å². The number of aromatic nitrogens is 2. The third-order valence-electron chi connectivity index (χ3n) is 8.97. The molecule has 1 aliphatic rings. The Morgan fingerprint density at radius 1 is 1.20 bits per heavy atom. The Morgan fingerprint density at radius 3 is 2.47 bits per heavy atom. The number of amides is 2. The van der Waals surface area contributed by atoms with E-state index in [2.05, 4.69) is 77.4 Å². The molecule has 1 saturated heterocycles. The summed E-state index contributed by atoms with van der Waals surface area (Å²) in [5, 5.41) is 7.85. The zero-order chi connectivity index (χ0) is 33.1. The number of alkyl halides is 1. The van der Waals surface area contributed by atoms with Gasteiger partial charge in [0.25, 0.3) is 5.88 Å². The van der Waals surface area contributed by atoms with Crippen LogP contribution in [0.3, 0.4) is 0 Å². The predicted molar refractivity (Wildman–Crippen MR) is 184 cm³/mol. The van der Waals surface area contributed by atoms with E-state index in [1.165, 1.54) is 0 Å². The maximum Gasteiger partial charge on any atom is 0.254 e. The van der Waals surface area contributed by atoms with Crippen molar-refractivity contribution in [1.82, 2.24) is 20.4 Å². The fourth-order valence-corrected chi connectivity index (χ4v) is 7.74. The number of hydrogen-bond acceptors (Lipinski definition) is 8. The van der Waals surface area contributed by atoms with Crippen LogP contribution < -0.4 is 10.1 Å². The number of halogens is 1. The fraction of sp³-hybridized carbons (Fsp3) is 0.576. The van der Waals surface area contributed by atoms with Crippen molar-refractivity contribution >= 4 is 47.4 Å². The van der Waals surface area contributed by atoms with Gasteiger partial charge < -0.3 is 23.9 Å². The van der Waals surface area contributed by atoms with Gasteiger partial charge in [-0.05, 0) is 54.2 Å². The van der Waals surface area contributed by atoms with E-state index in [9.17, 15) is 9.59 Å². The Morgan fingerprint density at radius 2 is 1.89 bits per heavy atom. The molecule has 9 nitrogen and oxygen atoms in total. The highest BCUT2D eigenvalue weighted by molar-refractivity contribution is 9.09. The summed E-state index contributed by atoms with van der Waals surface area (Å²) in [6.07, 6.45) is 0.185. The number of ether oxygens (including phenoxy) is 1. The molecule has 1 aromatic carbocycles. The second kappa shape index (κ2) is 14.5. The van der Waals surface area contributed by atoms with E-state index in [4.69, 9.17) is 13.7 Å². The van der Waals surface area contributed by atoms with Gasteiger partial charge in [-0.3, -0.25) is 9.59 Å². The summed E-state index contributed by atoms with van der Waals surface area (Å²) in [7, 11) is -2.16. The molecule has 3 aromatic rings. The van der Waals surface area contributed by atoms with Crippen molar-refractivity contribution in [3.8, 4) is 16.3 Å². The minimum absolute atomic E-state index is 0.00753. The molecular weight excluding hydrogens is 672 g/mol. The summed E-state index contributed by atoms with van der Waals surface area (Å²) in [4.78, 5) is 35.5. The van der Waals surface area contributed by atoms with Crippen molar-refractivity contribution in [3.63, 3.8) is 0 Å². The van der Waals surface area contributed by atoms with Crippen LogP contribution in [0.5, 0.6) is 5.88 Å². The first-order valence-corrected chi connectivity index (χ1v) is 20.5. The predicted octanol–water partition coefficient (Wildman–Crippen LogP) is 7.49. The number of hydrogen-bond donors (Lipinski definition) is 1. The van der Waals surface area contributed by atoms with Crippen LogP contribution in [0.1, 0.15) is 76.9 Å². The summed E-state index contributed by atoms with van der Waals surface area (Å²) in [5.41, 5.74) is 4.93. The van der Waals surface area contributed by atoms with Gasteiger partial charge in [0.15, 0.2) is 14.1 Å². The number of nitrogens with one attached hydrogen (secondary N) is 1. The first kappa shape index (κ1) is 35.3. The summed E-state index contributed by atoms with van der Waals surface area (Å²) >= 11 is 4.96. The maximum absolute atomic E-state index is 14.3. The third-order valence-corrected chi connectivity index (χ3v) is 14.8. The van der Waals surface area contributed by atoms with Crippen molar-refractivity contribution < 1.29 is 23.3 Å². The van der Waals surface area contributed by atoms with E-state index < -0.39 is 20.3 Å². The molecule has 3 heterocycles. The average molecular weight is 720 g/mol. The molecule has 12 heteroatoms. The van der Waals surface area contributed by atoms with Crippen molar-refractivity contribution in [3.05, 3.63) is 52.9 Å². The van der Waals surface area contributed by atoms with Crippen LogP contribution in [0.2, 0.25) is 18.1 Å². The summed E-state index contributed by atoms with van der Waals surface area (Å²) in [5.74, 6) is -0.327. The molecule has 1 aliphatic heterocycles. The minimum Gasteiger partial charge on any atom is -0.475 e. The Hall–Kier alpha value is -2.54. The Balaban J connectivity index is 1.57. The number of carbonyl (C=O) groups is 2. The standard InChI is InChI=1S/C33H47BrN4O5SSi/c1-20(2)29(27-17-28(37-42-27)41-15-14-34)32(40)38-18-25(43-45(8,9)33(5,6)7)16-26(38)31(39)36-21(3)23-10-12-24(13-11-23)30-22(4)35-19-44-30/h10-13,17,19-21,25-26,29H,14-16,18H2,1-9H3,(H,36,39)/t21-,25+,26-,29+/m0/s1. The second-order valence-corrected chi connectivity index (χ2v) is 20.1. The highest BCUT2D eigenvalue weighted by atomic mass is 79.9. The zero-order valence-electron chi connectivity index (χ0n) is 27.8. The van der Waals surface area contributed by atoms with E-state index in [1.54, 1.807) is 22.3 Å². The Kier molecular flexibility index (Phi) is 11.4. The molecule has 1 N–H and O–H groups in total. The number of thiazole rings is 1. The number of nitrogens with zero attached hydrogens (tertiary/aromatic N) is 3. The topological polar surface area (TPSA) is 107 Å². The third kappa shape index (κ3) is 8.25. The number of carbonyl (C=O) groups excluding carboxylic acids is 2. The van der Waals surface area contributed by atoms with Crippen LogP contribution in [-0.2, 0) is 14.0 Å². The van der Waals surface area contributed by atoms with Crippen LogP contribution in [-0.4, -0.2) is 65.8 Å². The van der Waals surface area contributed by atoms with Crippen LogP contribution in [0.4, 0.5) is 0 Å². The summed E-state index contributed by atoms with van der Waals surface area (Å²) in [6.45, 7) is 19.7. The normalized spacial score (nSPS) is 18.7. The molecule has 0 spiro atoms. The molecule has 2 amide bonds. The van der Waals surface area contributed by atoms with E-state index >= 15 is 0 Å². The van der Waals surface area contributed by atoms with Crippen molar-refractivity contribution in [2.75, 3.05) is 18.5 Å². The van der Waals surface area contributed by atoms with Gasteiger partial charge in [-0.1, -0.05) is 74.8 Å². The van der Waals surface area contributed by atoms with E-state index in [1.807, 2.05) is 45.3 Å². The molecule has 4 rings (SSSR count). The lowest BCUT2D eigenvalue weighted by atomic mass is 9.91. The lowest BCUT2D eigenvalue weighted by Gasteiger charge is -2.38. The van der Waals surface area contributed by atoms with Gasteiger partial charge in [-0.15, -0.1) is 11.3 Å². The average Bonchev–Trinajstić information content (AvgIpc) is 3.71. The van der Waals surface area contributed by atoms with Crippen molar-refractivity contribution in [2.24, 2.45) is 5.92 Å².